The lowest BCUT2D eigenvalue weighted by Crippen LogP contribution is -2.21. The zero-order chi connectivity index (χ0) is 15.0. The van der Waals surface area contributed by atoms with E-state index in [1.165, 1.54) is 4.88 Å². The first-order chi connectivity index (χ1) is 10.1. The van der Waals surface area contributed by atoms with Gasteiger partial charge in [0.1, 0.15) is 5.92 Å². The van der Waals surface area contributed by atoms with Gasteiger partial charge in [-0.1, -0.05) is 13.8 Å². The van der Waals surface area contributed by atoms with E-state index in [9.17, 15) is 4.79 Å². The van der Waals surface area contributed by atoms with Gasteiger partial charge in [-0.25, -0.2) is 4.98 Å². The molecule has 1 aliphatic carbocycles. The number of hydrogen-bond acceptors (Lipinski definition) is 5. The van der Waals surface area contributed by atoms with Gasteiger partial charge in [-0.05, 0) is 38.0 Å². The summed E-state index contributed by atoms with van der Waals surface area (Å²) in [7, 11) is 0. The highest BCUT2D eigenvalue weighted by atomic mass is 32.1. The quantitative estimate of drug-likeness (QED) is 0.804. The number of aromatic nitrogens is 1. The molecule has 2 heterocycles. The SMILES string of the molecule is CCOC(=O)C1CCCc2sc(N3CC(C)C(C)C3)nc21. The smallest absolute Gasteiger partial charge is 0.315 e. The van der Waals surface area contributed by atoms with Gasteiger partial charge in [0.05, 0.1) is 12.3 Å². The summed E-state index contributed by atoms with van der Waals surface area (Å²) >= 11 is 1.78. The maximum absolute atomic E-state index is 12.1. The average Bonchev–Trinajstić information content (AvgIpc) is 3.02. The molecule has 3 atom stereocenters. The van der Waals surface area contributed by atoms with Gasteiger partial charge in [-0.15, -0.1) is 11.3 Å². The van der Waals surface area contributed by atoms with E-state index in [-0.39, 0.29) is 11.9 Å². The third kappa shape index (κ3) is 2.80. The summed E-state index contributed by atoms with van der Waals surface area (Å²) in [6.07, 6.45) is 2.99. The summed E-state index contributed by atoms with van der Waals surface area (Å²) in [6.45, 7) is 9.08. The topological polar surface area (TPSA) is 42.4 Å². The molecule has 0 radical (unpaired) electrons. The summed E-state index contributed by atoms with van der Waals surface area (Å²) < 4.78 is 5.22. The lowest BCUT2D eigenvalue weighted by molar-refractivity contribution is -0.145. The van der Waals surface area contributed by atoms with E-state index in [1.54, 1.807) is 11.3 Å². The number of carbonyl (C=O) groups excluding carboxylic acids is 1. The molecule has 3 rings (SSSR count). The molecule has 1 aromatic rings. The predicted octanol–water partition coefficient (Wildman–Crippen LogP) is 3.22. The van der Waals surface area contributed by atoms with Crippen LogP contribution < -0.4 is 4.90 Å². The summed E-state index contributed by atoms with van der Waals surface area (Å²) in [4.78, 5) is 20.6. The number of rotatable bonds is 3. The van der Waals surface area contributed by atoms with Crippen LogP contribution in [0.5, 0.6) is 0 Å². The normalized spacial score (nSPS) is 28.5. The van der Waals surface area contributed by atoms with E-state index in [1.807, 2.05) is 6.92 Å². The van der Waals surface area contributed by atoms with Crippen molar-refractivity contribution >= 4 is 22.4 Å². The molecule has 0 spiro atoms. The molecule has 1 fully saturated rings. The molecule has 0 aromatic carbocycles. The number of anilines is 1. The van der Waals surface area contributed by atoms with Gasteiger partial charge < -0.3 is 9.64 Å². The van der Waals surface area contributed by atoms with Crippen molar-refractivity contribution in [1.29, 1.82) is 0 Å². The highest BCUT2D eigenvalue weighted by Crippen LogP contribution is 2.40. The monoisotopic (exact) mass is 308 g/mol. The van der Waals surface area contributed by atoms with Gasteiger partial charge in [0.2, 0.25) is 0 Å². The molecule has 3 unspecified atom stereocenters. The Morgan fingerprint density at radius 1 is 1.38 bits per heavy atom. The summed E-state index contributed by atoms with van der Waals surface area (Å²) in [6, 6.07) is 0. The molecule has 0 amide bonds. The van der Waals surface area contributed by atoms with Crippen LogP contribution in [0.3, 0.4) is 0 Å². The Balaban J connectivity index is 1.83. The second-order valence-corrected chi connectivity index (χ2v) is 7.42. The zero-order valence-electron chi connectivity index (χ0n) is 13.1. The number of fused-ring (bicyclic) bond motifs is 1. The number of aryl methyl sites for hydroxylation is 1. The molecule has 0 saturated carbocycles. The van der Waals surface area contributed by atoms with E-state index < -0.39 is 0 Å². The Hall–Kier alpha value is -1.10. The van der Waals surface area contributed by atoms with Crippen LogP contribution in [0.4, 0.5) is 5.13 Å². The largest absolute Gasteiger partial charge is 0.465 e. The summed E-state index contributed by atoms with van der Waals surface area (Å²) in [5, 5.41) is 1.10. The Morgan fingerprint density at radius 3 is 2.76 bits per heavy atom. The fourth-order valence-electron chi connectivity index (χ4n) is 3.30. The molecule has 0 bridgehead atoms. The Morgan fingerprint density at radius 2 is 2.10 bits per heavy atom. The number of nitrogens with zero attached hydrogens (tertiary/aromatic N) is 2. The van der Waals surface area contributed by atoms with Crippen molar-refractivity contribution in [1.82, 2.24) is 4.98 Å². The molecule has 21 heavy (non-hydrogen) atoms. The number of hydrogen-bond donors (Lipinski definition) is 0. The molecular formula is C16H24N2O2S. The van der Waals surface area contributed by atoms with Crippen LogP contribution in [-0.2, 0) is 16.0 Å². The van der Waals surface area contributed by atoms with Crippen LogP contribution >= 0.6 is 11.3 Å². The molecule has 4 nitrogen and oxygen atoms in total. The van der Waals surface area contributed by atoms with Crippen LogP contribution in [0.15, 0.2) is 0 Å². The zero-order valence-corrected chi connectivity index (χ0v) is 13.9. The number of ether oxygens (including phenoxy) is 1. The van der Waals surface area contributed by atoms with Gasteiger partial charge in [0, 0.05) is 18.0 Å². The predicted molar refractivity (Wildman–Crippen MR) is 85.0 cm³/mol. The number of carbonyl (C=O) groups is 1. The van der Waals surface area contributed by atoms with Gasteiger partial charge in [-0.2, -0.15) is 0 Å². The van der Waals surface area contributed by atoms with E-state index in [0.29, 0.717) is 18.4 Å². The maximum atomic E-state index is 12.1. The van der Waals surface area contributed by atoms with E-state index in [4.69, 9.17) is 9.72 Å². The van der Waals surface area contributed by atoms with Gasteiger partial charge >= 0.3 is 5.97 Å². The van der Waals surface area contributed by atoms with Crippen molar-refractivity contribution in [2.45, 2.75) is 46.0 Å². The van der Waals surface area contributed by atoms with Gasteiger partial charge in [0.15, 0.2) is 5.13 Å². The Kier molecular flexibility index (Phi) is 4.20. The number of esters is 1. The van der Waals surface area contributed by atoms with Crippen LogP contribution in [0.1, 0.15) is 50.1 Å². The highest BCUT2D eigenvalue weighted by Gasteiger charge is 2.34. The van der Waals surface area contributed by atoms with Crippen molar-refractivity contribution in [3.8, 4) is 0 Å². The average molecular weight is 308 g/mol. The summed E-state index contributed by atoms with van der Waals surface area (Å²) in [5.41, 5.74) is 0.993. The van der Waals surface area contributed by atoms with Crippen LogP contribution in [0.2, 0.25) is 0 Å². The maximum Gasteiger partial charge on any atom is 0.315 e. The van der Waals surface area contributed by atoms with Gasteiger partial charge in [-0.3, -0.25) is 4.79 Å². The molecule has 2 aliphatic rings. The van der Waals surface area contributed by atoms with E-state index in [0.717, 1.165) is 43.2 Å². The lowest BCUT2D eigenvalue weighted by Gasteiger charge is -2.19. The van der Waals surface area contributed by atoms with Crippen LogP contribution in [0.25, 0.3) is 0 Å². The minimum Gasteiger partial charge on any atom is -0.465 e. The molecular weight excluding hydrogens is 284 g/mol. The van der Waals surface area contributed by atoms with Crippen molar-refractivity contribution in [2.24, 2.45) is 11.8 Å². The first-order valence-electron chi connectivity index (χ1n) is 8.01. The third-order valence-electron chi connectivity index (χ3n) is 4.77. The fourth-order valence-corrected chi connectivity index (χ4v) is 4.48. The summed E-state index contributed by atoms with van der Waals surface area (Å²) in [5.74, 6) is 1.19. The second-order valence-electron chi connectivity index (χ2n) is 6.36. The van der Waals surface area contributed by atoms with Crippen LogP contribution in [0, 0.1) is 11.8 Å². The molecule has 1 aromatic heterocycles. The van der Waals surface area contributed by atoms with Crippen molar-refractivity contribution in [3.63, 3.8) is 0 Å². The Labute approximate surface area is 130 Å². The van der Waals surface area contributed by atoms with Gasteiger partial charge in [0.25, 0.3) is 0 Å². The molecule has 1 aliphatic heterocycles. The van der Waals surface area contributed by atoms with E-state index in [2.05, 4.69) is 18.7 Å². The Bertz CT molecular complexity index is 518. The fraction of sp³-hybridized carbons (Fsp3) is 0.750. The first kappa shape index (κ1) is 14.8. The van der Waals surface area contributed by atoms with Crippen molar-refractivity contribution in [2.75, 3.05) is 24.6 Å². The van der Waals surface area contributed by atoms with E-state index >= 15 is 0 Å². The minimum absolute atomic E-state index is 0.0986. The van der Waals surface area contributed by atoms with Crippen LogP contribution in [-0.4, -0.2) is 30.6 Å². The second kappa shape index (κ2) is 5.95. The minimum atomic E-state index is -0.142. The third-order valence-corrected chi connectivity index (χ3v) is 5.96. The standard InChI is InChI=1S/C16H24N2O2S/c1-4-20-15(19)12-6-5-7-13-14(12)17-16(21-13)18-8-10(2)11(3)9-18/h10-12H,4-9H2,1-3H3. The highest BCUT2D eigenvalue weighted by molar-refractivity contribution is 7.15. The number of thiazole rings is 1. The lowest BCUT2D eigenvalue weighted by atomic mass is 9.91. The first-order valence-corrected chi connectivity index (χ1v) is 8.83. The molecule has 116 valence electrons. The molecule has 1 saturated heterocycles. The molecule has 5 heteroatoms. The van der Waals surface area contributed by atoms with Crippen molar-refractivity contribution in [3.05, 3.63) is 10.6 Å². The molecule has 0 N–H and O–H groups in total. The van der Waals surface area contributed by atoms with Crippen molar-refractivity contribution < 1.29 is 9.53 Å².